The van der Waals surface area contributed by atoms with Crippen molar-refractivity contribution in [1.29, 1.82) is 0 Å². The van der Waals surface area contributed by atoms with Crippen LogP contribution in [0.5, 0.6) is 0 Å². The number of halogens is 1. The normalized spacial score (nSPS) is 11.8. The van der Waals surface area contributed by atoms with Gasteiger partial charge >= 0.3 is 5.69 Å². The lowest BCUT2D eigenvalue weighted by Gasteiger charge is -2.18. The SMILES string of the molecule is CC(C)CC(CN)NC(=O)CCn1cc([N+](=O)[O-])cn1.Cl. The first-order chi connectivity index (χ1) is 9.42. The largest absolute Gasteiger partial charge is 0.352 e. The van der Waals surface area contributed by atoms with Gasteiger partial charge < -0.3 is 11.1 Å². The third-order valence-electron chi connectivity index (χ3n) is 2.80. The van der Waals surface area contributed by atoms with Crippen molar-refractivity contribution in [2.24, 2.45) is 11.7 Å². The molecule has 1 aromatic heterocycles. The topological polar surface area (TPSA) is 116 Å². The maximum absolute atomic E-state index is 11.8. The van der Waals surface area contributed by atoms with Gasteiger partial charge in [-0.15, -0.1) is 12.4 Å². The minimum absolute atomic E-state index is 0. The van der Waals surface area contributed by atoms with Crippen molar-refractivity contribution in [1.82, 2.24) is 15.1 Å². The van der Waals surface area contributed by atoms with Gasteiger partial charge in [0.2, 0.25) is 5.91 Å². The number of nitrogens with one attached hydrogen (secondary N) is 1. The van der Waals surface area contributed by atoms with Gasteiger partial charge in [-0.25, -0.2) is 0 Å². The van der Waals surface area contributed by atoms with Crippen LogP contribution in [-0.2, 0) is 11.3 Å². The Morgan fingerprint density at radius 3 is 2.71 bits per heavy atom. The summed E-state index contributed by atoms with van der Waals surface area (Å²) in [6, 6.07) is -0.0329. The number of aromatic nitrogens is 2. The van der Waals surface area contributed by atoms with Crippen molar-refractivity contribution in [3.05, 3.63) is 22.5 Å². The number of amides is 1. The highest BCUT2D eigenvalue weighted by molar-refractivity contribution is 5.85. The fourth-order valence-electron chi connectivity index (χ4n) is 1.87. The predicted molar refractivity (Wildman–Crippen MR) is 81.2 cm³/mol. The summed E-state index contributed by atoms with van der Waals surface area (Å²) in [4.78, 5) is 21.7. The number of carbonyl (C=O) groups is 1. The molecule has 0 aliphatic heterocycles. The lowest BCUT2D eigenvalue weighted by Crippen LogP contribution is -2.41. The van der Waals surface area contributed by atoms with Crippen LogP contribution in [-0.4, -0.2) is 33.2 Å². The molecule has 1 unspecified atom stereocenters. The Bertz CT molecular complexity index is 464. The number of aryl methyl sites for hydroxylation is 1. The molecule has 1 heterocycles. The average Bonchev–Trinajstić information content (AvgIpc) is 2.84. The lowest BCUT2D eigenvalue weighted by molar-refractivity contribution is -0.385. The summed E-state index contributed by atoms with van der Waals surface area (Å²) in [6.07, 6.45) is 3.52. The van der Waals surface area contributed by atoms with Crippen molar-refractivity contribution in [3.63, 3.8) is 0 Å². The molecule has 1 atom stereocenters. The Hall–Kier alpha value is -1.67. The maximum atomic E-state index is 11.8. The zero-order valence-corrected chi connectivity index (χ0v) is 13.0. The second-order valence-corrected chi connectivity index (χ2v) is 5.10. The van der Waals surface area contributed by atoms with Gasteiger partial charge in [0.1, 0.15) is 12.4 Å². The third-order valence-corrected chi connectivity index (χ3v) is 2.80. The van der Waals surface area contributed by atoms with Crippen LogP contribution in [0.1, 0.15) is 26.7 Å². The standard InChI is InChI=1S/C12H21N5O3.ClH/c1-9(2)5-10(6-13)15-12(18)3-4-16-8-11(7-14-16)17(19)20;/h7-10H,3-6,13H2,1-2H3,(H,15,18);1H. The number of carbonyl (C=O) groups excluding carboxylic acids is 1. The molecule has 0 aromatic carbocycles. The van der Waals surface area contributed by atoms with Gasteiger partial charge in [0.05, 0.1) is 4.92 Å². The molecule has 1 amide bonds. The van der Waals surface area contributed by atoms with Gasteiger partial charge in [-0.3, -0.25) is 19.6 Å². The van der Waals surface area contributed by atoms with Crippen LogP contribution in [0.4, 0.5) is 5.69 Å². The molecule has 9 heteroatoms. The Morgan fingerprint density at radius 1 is 1.57 bits per heavy atom. The second kappa shape index (κ2) is 9.30. The van der Waals surface area contributed by atoms with Crippen LogP contribution < -0.4 is 11.1 Å². The summed E-state index contributed by atoms with van der Waals surface area (Å²) < 4.78 is 1.39. The number of nitrogens with zero attached hydrogens (tertiary/aromatic N) is 3. The van der Waals surface area contributed by atoms with E-state index in [0.29, 0.717) is 19.0 Å². The van der Waals surface area contributed by atoms with Crippen LogP contribution >= 0.6 is 12.4 Å². The molecule has 8 nitrogen and oxygen atoms in total. The Labute approximate surface area is 129 Å². The smallest absolute Gasteiger partial charge is 0.306 e. The first-order valence-electron chi connectivity index (χ1n) is 6.58. The molecule has 3 N–H and O–H groups in total. The molecule has 0 aliphatic rings. The van der Waals surface area contributed by atoms with E-state index in [1.54, 1.807) is 0 Å². The predicted octanol–water partition coefficient (Wildman–Crippen LogP) is 1.09. The lowest BCUT2D eigenvalue weighted by atomic mass is 10.0. The van der Waals surface area contributed by atoms with E-state index in [2.05, 4.69) is 24.3 Å². The quantitative estimate of drug-likeness (QED) is 0.549. The van der Waals surface area contributed by atoms with Crippen LogP contribution in [0.2, 0.25) is 0 Å². The van der Waals surface area contributed by atoms with Crippen molar-refractivity contribution in [2.45, 2.75) is 39.3 Å². The van der Waals surface area contributed by atoms with E-state index in [-0.39, 0.29) is 36.5 Å². The summed E-state index contributed by atoms with van der Waals surface area (Å²) in [7, 11) is 0. The minimum Gasteiger partial charge on any atom is -0.352 e. The first-order valence-corrected chi connectivity index (χ1v) is 6.58. The number of hydrogen-bond acceptors (Lipinski definition) is 5. The summed E-state index contributed by atoms with van der Waals surface area (Å²) in [5.41, 5.74) is 5.53. The molecule has 21 heavy (non-hydrogen) atoms. The molecule has 0 saturated heterocycles. The highest BCUT2D eigenvalue weighted by Gasteiger charge is 2.13. The molecular weight excluding hydrogens is 298 g/mol. The van der Waals surface area contributed by atoms with E-state index in [4.69, 9.17) is 5.73 Å². The number of nitrogens with two attached hydrogens (primary N) is 1. The van der Waals surface area contributed by atoms with Gasteiger partial charge in [0, 0.05) is 25.6 Å². The highest BCUT2D eigenvalue weighted by Crippen LogP contribution is 2.08. The van der Waals surface area contributed by atoms with Crippen LogP contribution in [0.25, 0.3) is 0 Å². The molecule has 0 bridgehead atoms. The van der Waals surface area contributed by atoms with Gasteiger partial charge in [-0.2, -0.15) is 5.10 Å². The molecule has 120 valence electrons. The molecule has 0 fully saturated rings. The van der Waals surface area contributed by atoms with Crippen molar-refractivity contribution in [2.75, 3.05) is 6.54 Å². The average molecular weight is 320 g/mol. The number of hydrogen-bond donors (Lipinski definition) is 2. The number of rotatable bonds is 8. The highest BCUT2D eigenvalue weighted by atomic mass is 35.5. The third kappa shape index (κ3) is 7.05. The number of nitro groups is 1. The van der Waals surface area contributed by atoms with E-state index < -0.39 is 4.92 Å². The van der Waals surface area contributed by atoms with Gasteiger partial charge in [0.25, 0.3) is 0 Å². The van der Waals surface area contributed by atoms with Crippen LogP contribution in [0.3, 0.4) is 0 Å². The Balaban J connectivity index is 0.00000400. The summed E-state index contributed by atoms with van der Waals surface area (Å²) >= 11 is 0. The van der Waals surface area contributed by atoms with Crippen LogP contribution in [0, 0.1) is 16.0 Å². The second-order valence-electron chi connectivity index (χ2n) is 5.10. The molecular formula is C12H22ClN5O3. The molecule has 0 radical (unpaired) electrons. The minimum atomic E-state index is -0.517. The molecule has 1 aromatic rings. The summed E-state index contributed by atoms with van der Waals surface area (Å²) in [6.45, 7) is 4.84. The van der Waals surface area contributed by atoms with E-state index in [1.807, 2.05) is 0 Å². The van der Waals surface area contributed by atoms with Gasteiger partial charge in [0.15, 0.2) is 0 Å². The van der Waals surface area contributed by atoms with Crippen LogP contribution in [0.15, 0.2) is 12.4 Å². The van der Waals surface area contributed by atoms with E-state index in [1.165, 1.54) is 17.1 Å². The van der Waals surface area contributed by atoms with Gasteiger partial charge in [-0.05, 0) is 12.3 Å². The fraction of sp³-hybridized carbons (Fsp3) is 0.667. The van der Waals surface area contributed by atoms with E-state index in [9.17, 15) is 14.9 Å². The molecule has 1 rings (SSSR count). The maximum Gasteiger partial charge on any atom is 0.306 e. The summed E-state index contributed by atoms with van der Waals surface area (Å²) in [5.74, 6) is 0.330. The van der Waals surface area contributed by atoms with E-state index in [0.717, 1.165) is 6.42 Å². The first kappa shape index (κ1) is 19.3. The zero-order valence-electron chi connectivity index (χ0n) is 12.2. The molecule has 0 aliphatic carbocycles. The van der Waals surface area contributed by atoms with Crippen molar-refractivity contribution in [3.8, 4) is 0 Å². The monoisotopic (exact) mass is 319 g/mol. The zero-order chi connectivity index (χ0) is 15.1. The molecule has 0 spiro atoms. The van der Waals surface area contributed by atoms with E-state index >= 15 is 0 Å². The van der Waals surface area contributed by atoms with Crippen molar-refractivity contribution < 1.29 is 9.72 Å². The van der Waals surface area contributed by atoms with Gasteiger partial charge in [-0.1, -0.05) is 13.8 Å². The van der Waals surface area contributed by atoms with Crippen molar-refractivity contribution >= 4 is 24.0 Å². The summed E-state index contributed by atoms with van der Waals surface area (Å²) in [5, 5.41) is 17.2. The fourth-order valence-corrected chi connectivity index (χ4v) is 1.87. The Morgan fingerprint density at radius 2 is 2.24 bits per heavy atom. The Kier molecular flexibility index (Phi) is 8.56. The molecule has 0 saturated carbocycles.